The second-order valence-corrected chi connectivity index (χ2v) is 11.5. The molecule has 4 rings (SSSR count). The number of carbonyl (C=O) groups excluding carboxylic acids is 2. The topological polar surface area (TPSA) is 76.1 Å². The van der Waals surface area contributed by atoms with Crippen LogP contribution in [0.3, 0.4) is 0 Å². The minimum atomic E-state index is -0.955. The molecule has 1 saturated heterocycles. The fraction of sp³-hybridized carbons (Fsp3) is 0.267. The van der Waals surface area contributed by atoms with Gasteiger partial charge in [0.15, 0.2) is 11.5 Å². The molecule has 1 aliphatic rings. The highest BCUT2D eigenvalue weighted by molar-refractivity contribution is 6.52. The highest BCUT2D eigenvalue weighted by Gasteiger charge is 2.48. The first-order chi connectivity index (χ1) is 18.3. The zero-order valence-electron chi connectivity index (χ0n) is 22.4. The number of nitrogens with zero attached hydrogens (tertiary/aromatic N) is 1. The van der Waals surface area contributed by atoms with Gasteiger partial charge in [0.2, 0.25) is 0 Å². The third-order valence-electron chi connectivity index (χ3n) is 6.75. The van der Waals surface area contributed by atoms with Gasteiger partial charge in [-0.15, -0.1) is 0 Å². The number of halogens is 3. The molecule has 1 aliphatic heterocycles. The van der Waals surface area contributed by atoms with Crippen molar-refractivity contribution in [1.29, 1.82) is 0 Å². The molecule has 0 spiro atoms. The summed E-state index contributed by atoms with van der Waals surface area (Å²) in [6.45, 7) is 8.07. The Balaban J connectivity index is 2.03. The molecule has 0 aromatic heterocycles. The van der Waals surface area contributed by atoms with E-state index in [1.165, 1.54) is 25.2 Å². The highest BCUT2D eigenvalue weighted by atomic mass is 35.5. The van der Waals surface area contributed by atoms with Crippen LogP contribution in [-0.4, -0.2) is 31.0 Å². The summed E-state index contributed by atoms with van der Waals surface area (Å²) in [6.07, 6.45) is 0. The van der Waals surface area contributed by atoms with Crippen LogP contribution in [0.2, 0.25) is 15.1 Å². The summed E-state index contributed by atoms with van der Waals surface area (Å²) in [7, 11) is 2.76. The average molecular weight is 589 g/mol. The summed E-state index contributed by atoms with van der Waals surface area (Å²) in [6, 6.07) is 13.1. The maximum Gasteiger partial charge on any atom is 0.300 e. The summed E-state index contributed by atoms with van der Waals surface area (Å²) in [4.78, 5) is 28.6. The molecule has 0 saturated carbocycles. The fourth-order valence-corrected chi connectivity index (χ4v) is 5.66. The molecule has 204 valence electrons. The molecule has 3 aromatic carbocycles. The molecule has 1 unspecified atom stereocenters. The fourth-order valence-electron chi connectivity index (χ4n) is 4.74. The number of ether oxygens (including phenoxy) is 2. The maximum atomic E-state index is 13.6. The Kier molecular flexibility index (Phi) is 7.95. The molecule has 1 N–H and O–H groups in total. The van der Waals surface area contributed by atoms with E-state index in [2.05, 4.69) is 20.8 Å². The van der Waals surface area contributed by atoms with E-state index >= 15 is 0 Å². The third kappa shape index (κ3) is 5.09. The summed E-state index contributed by atoms with van der Waals surface area (Å²) in [5.41, 5.74) is 2.68. The van der Waals surface area contributed by atoms with Crippen LogP contribution < -0.4 is 14.4 Å². The number of anilines is 1. The number of Topliss-reactive ketones (excluding diaryl/α,β-unsaturated/α-hetero) is 1. The lowest BCUT2D eigenvalue weighted by atomic mass is 9.85. The molecule has 6 nitrogen and oxygen atoms in total. The smallest absolute Gasteiger partial charge is 0.300 e. The number of aliphatic hydroxyl groups is 1. The van der Waals surface area contributed by atoms with E-state index in [-0.39, 0.29) is 38.1 Å². The number of hydrogen-bond acceptors (Lipinski definition) is 5. The van der Waals surface area contributed by atoms with Gasteiger partial charge in [-0.05, 0) is 53.3 Å². The predicted octanol–water partition coefficient (Wildman–Crippen LogP) is 7.90. The van der Waals surface area contributed by atoms with Crippen molar-refractivity contribution in [3.63, 3.8) is 0 Å². The zero-order chi connectivity index (χ0) is 28.8. The lowest BCUT2D eigenvalue weighted by Crippen LogP contribution is -2.30. The first kappa shape index (κ1) is 28.8. The number of hydrogen-bond donors (Lipinski definition) is 1. The van der Waals surface area contributed by atoms with Crippen molar-refractivity contribution >= 4 is 57.9 Å². The Morgan fingerprint density at radius 3 is 2.08 bits per heavy atom. The number of ketones is 1. The number of rotatable bonds is 5. The van der Waals surface area contributed by atoms with Crippen molar-refractivity contribution in [2.45, 2.75) is 39.2 Å². The SMILES string of the molecule is COc1c(Cl)cc(/C(O)=C2\C(=O)C(=O)N(c3ccc(Cl)cc3C)C2c2ccc(C(C)(C)C)cc2)c(OC)c1Cl. The molecule has 39 heavy (non-hydrogen) atoms. The van der Waals surface area contributed by atoms with Crippen LogP contribution in [0, 0.1) is 6.92 Å². The van der Waals surface area contributed by atoms with Gasteiger partial charge in [0.05, 0.1) is 36.4 Å². The lowest BCUT2D eigenvalue weighted by Gasteiger charge is -2.28. The molecule has 0 aliphatic carbocycles. The Labute approximate surface area is 242 Å². The summed E-state index contributed by atoms with van der Waals surface area (Å²) >= 11 is 19.0. The van der Waals surface area contributed by atoms with Gasteiger partial charge in [0.25, 0.3) is 11.7 Å². The van der Waals surface area contributed by atoms with Crippen molar-refractivity contribution in [2.24, 2.45) is 0 Å². The van der Waals surface area contributed by atoms with Gasteiger partial charge in [-0.25, -0.2) is 0 Å². The minimum absolute atomic E-state index is 0.0166. The number of amides is 1. The Morgan fingerprint density at radius 2 is 1.54 bits per heavy atom. The van der Waals surface area contributed by atoms with Gasteiger partial charge < -0.3 is 14.6 Å². The number of methoxy groups -OCH3 is 2. The lowest BCUT2D eigenvalue weighted by molar-refractivity contribution is -0.132. The molecule has 1 heterocycles. The highest BCUT2D eigenvalue weighted by Crippen LogP contribution is 2.48. The molecule has 0 bridgehead atoms. The molecule has 1 fully saturated rings. The minimum Gasteiger partial charge on any atom is -0.507 e. The molecular weight excluding hydrogens is 561 g/mol. The van der Waals surface area contributed by atoms with Gasteiger partial charge in [0.1, 0.15) is 10.8 Å². The summed E-state index contributed by atoms with van der Waals surface area (Å²) < 4.78 is 10.7. The van der Waals surface area contributed by atoms with Gasteiger partial charge in [-0.2, -0.15) is 0 Å². The van der Waals surface area contributed by atoms with Crippen LogP contribution >= 0.6 is 34.8 Å². The van der Waals surface area contributed by atoms with E-state index in [1.54, 1.807) is 25.1 Å². The zero-order valence-corrected chi connectivity index (χ0v) is 24.6. The Morgan fingerprint density at radius 1 is 0.923 bits per heavy atom. The second kappa shape index (κ2) is 10.8. The number of carbonyl (C=O) groups is 2. The van der Waals surface area contributed by atoms with Crippen LogP contribution in [0.5, 0.6) is 11.5 Å². The maximum absolute atomic E-state index is 13.6. The number of aliphatic hydroxyl groups excluding tert-OH is 1. The normalized spacial score (nSPS) is 17.1. The van der Waals surface area contributed by atoms with Crippen molar-refractivity contribution in [3.8, 4) is 11.5 Å². The van der Waals surface area contributed by atoms with Crippen LogP contribution in [-0.2, 0) is 15.0 Å². The van der Waals surface area contributed by atoms with E-state index in [9.17, 15) is 14.7 Å². The van der Waals surface area contributed by atoms with Crippen molar-refractivity contribution in [1.82, 2.24) is 0 Å². The van der Waals surface area contributed by atoms with Crippen molar-refractivity contribution < 1.29 is 24.2 Å². The van der Waals surface area contributed by atoms with E-state index in [0.29, 0.717) is 21.8 Å². The molecule has 9 heteroatoms. The van der Waals surface area contributed by atoms with Crippen LogP contribution in [0.4, 0.5) is 5.69 Å². The monoisotopic (exact) mass is 587 g/mol. The third-order valence-corrected chi connectivity index (χ3v) is 7.61. The van der Waals surface area contributed by atoms with Crippen LogP contribution in [0.15, 0.2) is 54.1 Å². The predicted molar refractivity (Wildman–Crippen MR) is 156 cm³/mol. The van der Waals surface area contributed by atoms with Crippen molar-refractivity contribution in [2.75, 3.05) is 19.1 Å². The van der Waals surface area contributed by atoms with Crippen molar-refractivity contribution in [3.05, 3.63) is 91.4 Å². The first-order valence-electron chi connectivity index (χ1n) is 12.1. The molecular formula is C30H28Cl3NO5. The molecule has 0 radical (unpaired) electrons. The van der Waals surface area contributed by atoms with Gasteiger partial charge in [0, 0.05) is 10.7 Å². The molecule has 1 atom stereocenters. The quantitative estimate of drug-likeness (QED) is 0.186. The standard InChI is InChI=1S/C30H28Cl3NO5/c1-15-13-18(31)11-12-21(15)34-24(16-7-9-17(10-8-16)30(2,3)4)22(26(36)29(34)37)25(35)19-14-20(32)28(39-6)23(33)27(19)38-5/h7-14,24,35H,1-6H3/b25-22+. The number of aryl methyl sites for hydroxylation is 1. The Hall–Kier alpha value is -3.19. The van der Waals surface area contributed by atoms with E-state index in [1.807, 2.05) is 24.3 Å². The van der Waals surface area contributed by atoms with Crippen LogP contribution in [0.1, 0.15) is 49.1 Å². The van der Waals surface area contributed by atoms with Crippen LogP contribution in [0.25, 0.3) is 5.76 Å². The largest absolute Gasteiger partial charge is 0.507 e. The van der Waals surface area contributed by atoms with Gasteiger partial charge >= 0.3 is 0 Å². The van der Waals surface area contributed by atoms with Gasteiger partial charge in [-0.1, -0.05) is 79.8 Å². The summed E-state index contributed by atoms with van der Waals surface area (Å²) in [5.74, 6) is -1.94. The summed E-state index contributed by atoms with van der Waals surface area (Å²) in [5, 5.41) is 12.3. The first-order valence-corrected chi connectivity index (χ1v) is 13.2. The second-order valence-electron chi connectivity index (χ2n) is 10.3. The van der Waals surface area contributed by atoms with E-state index in [0.717, 1.165) is 5.56 Å². The molecule has 3 aromatic rings. The molecule has 1 amide bonds. The van der Waals surface area contributed by atoms with E-state index in [4.69, 9.17) is 44.3 Å². The average Bonchev–Trinajstić information content (AvgIpc) is 3.13. The Bertz CT molecular complexity index is 1510. The number of benzene rings is 3. The van der Waals surface area contributed by atoms with Gasteiger partial charge in [-0.3, -0.25) is 14.5 Å². The van der Waals surface area contributed by atoms with E-state index < -0.39 is 23.5 Å².